The number of carbonyl (C=O) groups excluding carboxylic acids is 1. The number of anilines is 2. The molecule has 2 heterocycles. The molecular weight excluding hydrogens is 378 g/mol. The lowest BCUT2D eigenvalue weighted by atomic mass is 9.81. The van der Waals surface area contributed by atoms with Gasteiger partial charge in [0, 0.05) is 31.8 Å². The molecule has 1 saturated carbocycles. The van der Waals surface area contributed by atoms with Crippen molar-refractivity contribution in [2.24, 2.45) is 5.92 Å². The van der Waals surface area contributed by atoms with Crippen LogP contribution in [0.2, 0.25) is 0 Å². The molecule has 0 bridgehead atoms. The van der Waals surface area contributed by atoms with E-state index in [2.05, 4.69) is 15.2 Å². The van der Waals surface area contributed by atoms with Gasteiger partial charge in [-0.2, -0.15) is 0 Å². The van der Waals surface area contributed by atoms with Gasteiger partial charge in [0.2, 0.25) is 11.0 Å². The molecule has 2 aromatic rings. The van der Waals surface area contributed by atoms with Crippen LogP contribution in [-0.2, 0) is 14.3 Å². The number of hydrogen-bond acceptors (Lipinski definition) is 7. The average Bonchev–Trinajstić information content (AvgIpc) is 3.12. The Morgan fingerprint density at radius 2 is 2.11 bits per heavy atom. The van der Waals surface area contributed by atoms with Gasteiger partial charge < -0.3 is 24.4 Å². The SMILES string of the molecule is COC1CC(C(=O)Nc2ccc(Oc3cnc(N4CCOCC4)s3)c(C)c2)C1. The van der Waals surface area contributed by atoms with Gasteiger partial charge in [-0.05, 0) is 43.5 Å². The second-order valence-corrected chi connectivity index (χ2v) is 8.13. The third kappa shape index (κ3) is 4.29. The Labute approximate surface area is 168 Å². The second kappa shape index (κ2) is 8.46. The Kier molecular flexibility index (Phi) is 5.79. The third-order valence-corrected chi connectivity index (χ3v) is 6.14. The number of methoxy groups -OCH3 is 1. The molecular formula is C20H25N3O4S. The van der Waals surface area contributed by atoms with E-state index in [9.17, 15) is 4.79 Å². The van der Waals surface area contributed by atoms with Crippen LogP contribution in [0.25, 0.3) is 0 Å². The van der Waals surface area contributed by atoms with Crippen molar-refractivity contribution in [3.8, 4) is 10.8 Å². The molecule has 0 radical (unpaired) electrons. The van der Waals surface area contributed by atoms with Gasteiger partial charge in [-0.15, -0.1) is 0 Å². The summed E-state index contributed by atoms with van der Waals surface area (Å²) in [7, 11) is 1.69. The van der Waals surface area contributed by atoms with Crippen LogP contribution >= 0.6 is 11.3 Å². The lowest BCUT2D eigenvalue weighted by molar-refractivity contribution is -0.127. The molecule has 4 rings (SSSR count). The predicted octanol–water partition coefficient (Wildman–Crippen LogP) is 3.44. The highest BCUT2D eigenvalue weighted by Gasteiger charge is 2.34. The zero-order valence-corrected chi connectivity index (χ0v) is 17.0. The van der Waals surface area contributed by atoms with E-state index in [0.29, 0.717) is 0 Å². The van der Waals surface area contributed by atoms with Crippen molar-refractivity contribution in [2.75, 3.05) is 43.6 Å². The van der Waals surface area contributed by atoms with E-state index < -0.39 is 0 Å². The zero-order chi connectivity index (χ0) is 19.5. The minimum Gasteiger partial charge on any atom is -0.445 e. The highest BCUT2D eigenvalue weighted by atomic mass is 32.1. The molecule has 0 atom stereocenters. The maximum absolute atomic E-state index is 12.3. The summed E-state index contributed by atoms with van der Waals surface area (Å²) in [6.07, 6.45) is 3.56. The molecule has 1 saturated heterocycles. The van der Waals surface area contributed by atoms with E-state index >= 15 is 0 Å². The van der Waals surface area contributed by atoms with Gasteiger partial charge in [0.15, 0.2) is 5.13 Å². The molecule has 1 aliphatic heterocycles. The van der Waals surface area contributed by atoms with Crippen molar-refractivity contribution in [1.82, 2.24) is 4.98 Å². The fraction of sp³-hybridized carbons (Fsp3) is 0.500. The summed E-state index contributed by atoms with van der Waals surface area (Å²) in [5, 5.41) is 4.69. The number of nitrogens with one attached hydrogen (secondary N) is 1. The molecule has 1 N–H and O–H groups in total. The van der Waals surface area contributed by atoms with Crippen molar-refractivity contribution in [3.05, 3.63) is 30.0 Å². The lowest BCUT2D eigenvalue weighted by Gasteiger charge is -2.32. The maximum Gasteiger partial charge on any atom is 0.227 e. The summed E-state index contributed by atoms with van der Waals surface area (Å²) in [6.45, 7) is 5.14. The van der Waals surface area contributed by atoms with E-state index in [4.69, 9.17) is 14.2 Å². The molecule has 1 aliphatic carbocycles. The standard InChI is InChI=1S/C20H25N3O4S/c1-13-9-15(22-19(24)14-10-16(11-14)25-2)3-4-17(13)27-18-12-21-20(28-18)23-5-7-26-8-6-23/h3-4,9,12,14,16H,5-8,10-11H2,1-2H3,(H,22,24). The minimum absolute atomic E-state index is 0.0389. The first-order valence-corrected chi connectivity index (χ1v) is 10.3. The molecule has 1 aromatic carbocycles. The van der Waals surface area contributed by atoms with E-state index in [1.807, 2.05) is 25.1 Å². The number of hydrogen-bond donors (Lipinski definition) is 1. The fourth-order valence-corrected chi connectivity index (χ4v) is 4.20. The minimum atomic E-state index is 0.0389. The molecule has 28 heavy (non-hydrogen) atoms. The van der Waals surface area contributed by atoms with Crippen LogP contribution in [0.1, 0.15) is 18.4 Å². The third-order valence-electron chi connectivity index (χ3n) is 5.21. The number of aryl methyl sites for hydroxylation is 1. The summed E-state index contributed by atoms with van der Waals surface area (Å²) in [5.74, 6) is 0.856. The van der Waals surface area contributed by atoms with Gasteiger partial charge in [0.05, 0.1) is 25.5 Å². The highest BCUT2D eigenvalue weighted by molar-refractivity contribution is 7.17. The lowest BCUT2D eigenvalue weighted by Crippen LogP contribution is -2.38. The maximum atomic E-state index is 12.3. The van der Waals surface area contributed by atoms with Crippen molar-refractivity contribution in [3.63, 3.8) is 0 Å². The topological polar surface area (TPSA) is 72.9 Å². The molecule has 150 valence electrons. The predicted molar refractivity (Wildman–Crippen MR) is 109 cm³/mol. The first kappa shape index (κ1) is 19.2. The number of ether oxygens (including phenoxy) is 3. The summed E-state index contributed by atoms with van der Waals surface area (Å²) in [6, 6.07) is 5.69. The number of amides is 1. The second-order valence-electron chi connectivity index (χ2n) is 7.16. The van der Waals surface area contributed by atoms with Crippen LogP contribution in [0.3, 0.4) is 0 Å². The number of morpholine rings is 1. The van der Waals surface area contributed by atoms with Gasteiger partial charge in [-0.3, -0.25) is 4.79 Å². The fourth-order valence-electron chi connectivity index (χ4n) is 3.37. The molecule has 2 fully saturated rings. The molecule has 1 amide bonds. The van der Waals surface area contributed by atoms with Gasteiger partial charge in [0.1, 0.15) is 5.75 Å². The monoisotopic (exact) mass is 403 g/mol. The van der Waals surface area contributed by atoms with Crippen molar-refractivity contribution in [2.45, 2.75) is 25.9 Å². The number of aromatic nitrogens is 1. The molecule has 0 spiro atoms. The zero-order valence-electron chi connectivity index (χ0n) is 16.1. The van der Waals surface area contributed by atoms with Crippen molar-refractivity contribution < 1.29 is 19.0 Å². The van der Waals surface area contributed by atoms with Crippen molar-refractivity contribution in [1.29, 1.82) is 0 Å². The van der Waals surface area contributed by atoms with E-state index in [0.717, 1.165) is 66.3 Å². The Morgan fingerprint density at radius 1 is 1.32 bits per heavy atom. The number of carbonyl (C=O) groups is 1. The smallest absolute Gasteiger partial charge is 0.227 e. The quantitative estimate of drug-likeness (QED) is 0.797. The molecule has 2 aliphatic rings. The molecule has 0 unspecified atom stereocenters. The Balaban J connectivity index is 1.35. The molecule has 8 heteroatoms. The number of benzene rings is 1. The summed E-state index contributed by atoms with van der Waals surface area (Å²) < 4.78 is 16.6. The highest BCUT2D eigenvalue weighted by Crippen LogP contribution is 2.35. The van der Waals surface area contributed by atoms with Crippen LogP contribution < -0.4 is 15.0 Å². The summed E-state index contributed by atoms with van der Waals surface area (Å²) >= 11 is 1.53. The summed E-state index contributed by atoms with van der Waals surface area (Å²) in [5.41, 5.74) is 1.75. The molecule has 1 aromatic heterocycles. The van der Waals surface area contributed by atoms with Crippen LogP contribution in [0, 0.1) is 12.8 Å². The van der Waals surface area contributed by atoms with E-state index in [1.165, 1.54) is 11.3 Å². The van der Waals surface area contributed by atoms with Crippen LogP contribution in [0.4, 0.5) is 10.8 Å². The van der Waals surface area contributed by atoms with Gasteiger partial charge >= 0.3 is 0 Å². The van der Waals surface area contributed by atoms with E-state index in [-0.39, 0.29) is 17.9 Å². The normalized spacial score (nSPS) is 21.9. The van der Waals surface area contributed by atoms with Gasteiger partial charge in [-0.25, -0.2) is 4.98 Å². The first-order chi connectivity index (χ1) is 13.6. The molecule has 7 nitrogen and oxygen atoms in total. The Bertz CT molecular complexity index is 829. The largest absolute Gasteiger partial charge is 0.445 e. The van der Waals surface area contributed by atoms with Crippen LogP contribution in [0.5, 0.6) is 10.8 Å². The number of thiazole rings is 1. The first-order valence-electron chi connectivity index (χ1n) is 9.53. The number of nitrogens with zero attached hydrogens (tertiary/aromatic N) is 2. The average molecular weight is 404 g/mol. The van der Waals surface area contributed by atoms with Crippen LogP contribution in [0.15, 0.2) is 24.4 Å². The summed E-state index contributed by atoms with van der Waals surface area (Å²) in [4.78, 5) is 19.0. The Hall–Kier alpha value is -2.16. The Morgan fingerprint density at radius 3 is 2.82 bits per heavy atom. The van der Waals surface area contributed by atoms with E-state index in [1.54, 1.807) is 13.3 Å². The van der Waals surface area contributed by atoms with Gasteiger partial charge in [-0.1, -0.05) is 11.3 Å². The van der Waals surface area contributed by atoms with Crippen molar-refractivity contribution >= 4 is 28.1 Å². The van der Waals surface area contributed by atoms with Crippen LogP contribution in [-0.4, -0.2) is 50.4 Å². The number of rotatable bonds is 6. The van der Waals surface area contributed by atoms with Gasteiger partial charge in [0.25, 0.3) is 0 Å².